The summed E-state index contributed by atoms with van der Waals surface area (Å²) in [6.07, 6.45) is 11.9. The maximum Gasteiger partial charge on any atom is 0.249 e. The van der Waals surface area contributed by atoms with Crippen LogP contribution in [0.5, 0.6) is 0 Å². The van der Waals surface area contributed by atoms with Crippen LogP contribution in [-0.4, -0.2) is 151 Å². The first-order chi connectivity index (χ1) is 30.2. The minimum absolute atomic E-state index is 0.0937. The van der Waals surface area contributed by atoms with Crippen molar-refractivity contribution in [3.8, 4) is 0 Å². The van der Waals surface area contributed by atoms with Crippen LogP contribution in [0.3, 0.4) is 0 Å². The molecule has 0 bridgehead atoms. The van der Waals surface area contributed by atoms with Crippen molar-refractivity contribution in [1.82, 2.24) is 40.7 Å². The number of fused-ring (bicyclic) bond motifs is 1. The Morgan fingerprint density at radius 3 is 2.41 bits per heavy atom. The first-order valence-corrected chi connectivity index (χ1v) is 26.3. The molecule has 11 unspecified atom stereocenters. The highest BCUT2D eigenvalue weighted by molar-refractivity contribution is 8.00. The third-order valence-electron chi connectivity index (χ3n) is 16.1. The van der Waals surface area contributed by atoms with E-state index < -0.39 is 51.7 Å². The molecule has 0 aromatic heterocycles. The summed E-state index contributed by atoms with van der Waals surface area (Å²) in [5.74, 6) is -0.917. The summed E-state index contributed by atoms with van der Waals surface area (Å²) in [5.41, 5.74) is -0.587. The van der Waals surface area contributed by atoms with Crippen molar-refractivity contribution in [3.05, 3.63) is 0 Å². The molecule has 0 radical (unpaired) electrons. The molecule has 20 heteroatoms. The van der Waals surface area contributed by atoms with E-state index in [-0.39, 0.29) is 84.4 Å². The Labute approximate surface area is 373 Å². The van der Waals surface area contributed by atoms with E-state index in [1.165, 1.54) is 17.1 Å². The number of carbonyl (C=O) groups is 7. The van der Waals surface area contributed by atoms with E-state index in [1.54, 1.807) is 11.8 Å². The molecule has 3 saturated carbocycles. The standard InChI is InChI=1S/C43H64N8O10S2/c1-63(59,60)50-15-11-28(21-50)37(54)45-18-35(53)48-42-46-30(23-62-42)27-5-2-4-25(16-27)26-10-14-44-33(17-26)43(12-13-43)41(58)49-19-24(20-49)22-61-32-7-3-6-29-36(32)40(57)51(39(29)56)31-8-9-34(52)47-38(31)55/h24-33,36,42,44,46H,2-23H2,1H3,(H,45,54)(H,48,53)(H,47,52,55). The van der Waals surface area contributed by atoms with Gasteiger partial charge in [-0.3, -0.25) is 49.1 Å². The Kier molecular flexibility index (Phi) is 13.0. The fourth-order valence-electron chi connectivity index (χ4n) is 12.4. The van der Waals surface area contributed by atoms with Crippen LogP contribution < -0.4 is 26.6 Å². The van der Waals surface area contributed by atoms with Gasteiger partial charge < -0.3 is 25.6 Å². The molecule has 0 aromatic carbocycles. The summed E-state index contributed by atoms with van der Waals surface area (Å²) >= 11 is 1.68. The number of nitrogens with one attached hydrogen (secondary N) is 5. The van der Waals surface area contributed by atoms with Gasteiger partial charge in [0.1, 0.15) is 11.5 Å². The monoisotopic (exact) mass is 916 g/mol. The van der Waals surface area contributed by atoms with E-state index in [0.717, 1.165) is 68.4 Å². The van der Waals surface area contributed by atoms with E-state index >= 15 is 0 Å². The fraction of sp³-hybridized carbons (Fsp3) is 0.837. The van der Waals surface area contributed by atoms with Crippen molar-refractivity contribution in [1.29, 1.82) is 0 Å². The van der Waals surface area contributed by atoms with Gasteiger partial charge in [0, 0.05) is 56.4 Å². The topological polar surface area (TPSA) is 233 Å². The predicted octanol–water partition coefficient (Wildman–Crippen LogP) is -0.122. The molecule has 348 valence electrons. The first-order valence-electron chi connectivity index (χ1n) is 23.4. The quantitative estimate of drug-likeness (QED) is 0.152. The van der Waals surface area contributed by atoms with Crippen LogP contribution in [0.1, 0.15) is 89.9 Å². The fourth-order valence-corrected chi connectivity index (χ4v) is 14.5. The second-order valence-electron chi connectivity index (χ2n) is 20.0. The maximum atomic E-state index is 14.1. The first kappa shape index (κ1) is 45.0. The van der Waals surface area contributed by atoms with Crippen molar-refractivity contribution in [2.45, 2.75) is 120 Å². The Bertz CT molecular complexity index is 1960. The molecule has 9 aliphatic rings. The smallest absolute Gasteiger partial charge is 0.249 e. The molecule has 9 fully saturated rings. The molecule has 6 aliphatic heterocycles. The normalized spacial score (nSPS) is 37.3. The number of hydrogen-bond donors (Lipinski definition) is 5. The molecule has 18 nitrogen and oxygen atoms in total. The van der Waals surface area contributed by atoms with Gasteiger partial charge >= 0.3 is 0 Å². The second kappa shape index (κ2) is 18.2. The lowest BCUT2D eigenvalue weighted by Crippen LogP contribution is -2.58. The summed E-state index contributed by atoms with van der Waals surface area (Å²) in [5, 5.41) is 15.4. The number of ether oxygens (including phenoxy) is 1. The van der Waals surface area contributed by atoms with Crippen molar-refractivity contribution in [3.63, 3.8) is 0 Å². The molecule has 9 rings (SSSR count). The number of likely N-dealkylation sites (tertiary alicyclic amines) is 2. The van der Waals surface area contributed by atoms with Gasteiger partial charge in [-0.1, -0.05) is 19.3 Å². The Balaban J connectivity index is 0.704. The minimum atomic E-state index is -3.35. The zero-order chi connectivity index (χ0) is 44.2. The number of thioether (sulfide) groups is 1. The number of hydrogen-bond acceptors (Lipinski definition) is 13. The van der Waals surface area contributed by atoms with Gasteiger partial charge in [-0.05, 0) is 88.5 Å². The number of imide groups is 2. The highest BCUT2D eigenvalue weighted by Gasteiger charge is 2.60. The largest absolute Gasteiger partial charge is 0.377 e. The molecule has 7 amide bonds. The molecule has 0 spiro atoms. The Morgan fingerprint density at radius 2 is 1.67 bits per heavy atom. The average molecular weight is 917 g/mol. The summed E-state index contributed by atoms with van der Waals surface area (Å²) in [6, 6.07) is -0.513. The lowest BCUT2D eigenvalue weighted by molar-refractivity contribution is -0.153. The third kappa shape index (κ3) is 9.31. The van der Waals surface area contributed by atoms with Crippen LogP contribution >= 0.6 is 11.8 Å². The Morgan fingerprint density at radius 1 is 0.905 bits per heavy atom. The molecule has 63 heavy (non-hydrogen) atoms. The summed E-state index contributed by atoms with van der Waals surface area (Å²) < 4.78 is 31.3. The molecule has 3 aliphatic carbocycles. The van der Waals surface area contributed by atoms with Crippen LogP contribution in [0.4, 0.5) is 0 Å². The van der Waals surface area contributed by atoms with Crippen molar-refractivity contribution in [2.24, 2.45) is 46.8 Å². The third-order valence-corrected chi connectivity index (χ3v) is 18.5. The van der Waals surface area contributed by atoms with Gasteiger partial charge in [0.05, 0.1) is 48.7 Å². The number of nitrogens with zero attached hydrogens (tertiary/aromatic N) is 3. The lowest BCUT2D eigenvalue weighted by atomic mass is 9.68. The van der Waals surface area contributed by atoms with E-state index in [1.807, 2.05) is 4.90 Å². The molecule has 0 aromatic rings. The highest BCUT2D eigenvalue weighted by Crippen LogP contribution is 2.55. The zero-order valence-corrected chi connectivity index (χ0v) is 37.9. The van der Waals surface area contributed by atoms with Crippen molar-refractivity contribution < 1.29 is 46.7 Å². The van der Waals surface area contributed by atoms with Crippen LogP contribution in [0.15, 0.2) is 0 Å². The predicted molar refractivity (Wildman–Crippen MR) is 229 cm³/mol. The van der Waals surface area contributed by atoms with Gasteiger partial charge in [0.15, 0.2) is 0 Å². The van der Waals surface area contributed by atoms with Crippen molar-refractivity contribution in [2.75, 3.05) is 57.9 Å². The molecular weight excluding hydrogens is 853 g/mol. The van der Waals surface area contributed by atoms with Gasteiger partial charge in [-0.2, -0.15) is 0 Å². The number of amides is 7. The van der Waals surface area contributed by atoms with Crippen LogP contribution in [0, 0.1) is 46.8 Å². The molecule has 11 atom stereocenters. The van der Waals surface area contributed by atoms with Crippen LogP contribution in [0.25, 0.3) is 0 Å². The van der Waals surface area contributed by atoms with E-state index in [9.17, 15) is 42.0 Å². The van der Waals surface area contributed by atoms with Gasteiger partial charge in [-0.15, -0.1) is 11.8 Å². The Hall–Kier alpha value is -3.17. The number of sulfonamides is 1. The number of carbonyl (C=O) groups excluding carboxylic acids is 7. The SMILES string of the molecule is CS(=O)(=O)N1CCC(C(=O)NCC(=O)NC2NC(C3CCCC(C4CCNC(C5(C(=O)N6CC(COC7CCCC8C(=O)N(C9CCC(=O)NC9=O)C(=O)C78)C6)CC5)C4)C3)CS2)C1. The van der Waals surface area contributed by atoms with Gasteiger partial charge in [-0.25, -0.2) is 12.7 Å². The van der Waals surface area contributed by atoms with Crippen LogP contribution in [-0.2, 0) is 48.3 Å². The minimum Gasteiger partial charge on any atom is -0.377 e. The van der Waals surface area contributed by atoms with E-state index in [2.05, 4.69) is 26.6 Å². The summed E-state index contributed by atoms with van der Waals surface area (Å²) in [4.78, 5) is 93.9. The highest BCUT2D eigenvalue weighted by atomic mass is 32.2. The average Bonchev–Trinajstić information content (AvgIpc) is 3.53. The summed E-state index contributed by atoms with van der Waals surface area (Å²) in [6.45, 7) is 2.85. The number of piperidine rings is 2. The molecule has 6 saturated heterocycles. The van der Waals surface area contributed by atoms with Gasteiger partial charge in [0.2, 0.25) is 51.4 Å². The molecular formula is C43H64N8O10S2. The lowest BCUT2D eigenvalue weighted by Gasteiger charge is -2.46. The summed E-state index contributed by atoms with van der Waals surface area (Å²) in [7, 11) is -3.35. The van der Waals surface area contributed by atoms with Crippen LogP contribution in [0.2, 0.25) is 0 Å². The molecule has 6 heterocycles. The maximum absolute atomic E-state index is 14.1. The number of rotatable bonds is 13. The van der Waals surface area contributed by atoms with E-state index in [0.29, 0.717) is 63.3 Å². The molecule has 5 N–H and O–H groups in total. The van der Waals surface area contributed by atoms with Gasteiger partial charge in [0.25, 0.3) is 0 Å². The second-order valence-corrected chi connectivity index (χ2v) is 23.2. The van der Waals surface area contributed by atoms with E-state index in [4.69, 9.17) is 4.74 Å². The zero-order valence-electron chi connectivity index (χ0n) is 36.2. The van der Waals surface area contributed by atoms with Crippen molar-refractivity contribution >= 4 is 63.1 Å².